The van der Waals surface area contributed by atoms with Gasteiger partial charge in [0.1, 0.15) is 16.7 Å². The molecule has 0 unspecified atom stereocenters. The molecule has 0 saturated heterocycles. The van der Waals surface area contributed by atoms with Crippen molar-refractivity contribution in [2.24, 2.45) is 0 Å². The van der Waals surface area contributed by atoms with Crippen LogP contribution in [0, 0.1) is 0 Å². The van der Waals surface area contributed by atoms with E-state index in [1.54, 1.807) is 12.1 Å². The van der Waals surface area contributed by atoms with Gasteiger partial charge in [-0.25, -0.2) is 8.42 Å². The molecule has 0 bridgehead atoms. The zero-order valence-corrected chi connectivity index (χ0v) is 10.1. The minimum absolute atomic E-state index is 0.192. The Kier molecular flexibility index (Phi) is 2.66. The molecule has 0 saturated carbocycles. The quantitative estimate of drug-likeness (QED) is 0.805. The largest absolute Gasteiger partial charge is 0.496 e. The van der Waals surface area contributed by atoms with Crippen LogP contribution in [0.25, 0.3) is 11.0 Å². The van der Waals surface area contributed by atoms with Crippen molar-refractivity contribution in [2.45, 2.75) is 5.09 Å². The summed E-state index contributed by atoms with van der Waals surface area (Å²) in [6.45, 7) is 0. The monoisotopic (exact) mass is 254 g/mol. The van der Waals surface area contributed by atoms with E-state index in [0.717, 1.165) is 12.3 Å². The lowest BCUT2D eigenvalue weighted by atomic mass is 10.2. The first-order valence-corrected chi connectivity index (χ1v) is 6.63. The molecule has 0 aliphatic carbocycles. The van der Waals surface area contributed by atoms with Gasteiger partial charge in [-0.15, -0.1) is 0 Å². The lowest BCUT2D eigenvalue weighted by Crippen LogP contribution is -2.07. The zero-order chi connectivity index (χ0) is 12.6. The topological polar surface area (TPSA) is 73.6 Å². The number of rotatable bonds is 2. The van der Waals surface area contributed by atoms with Crippen LogP contribution in [0.4, 0.5) is 0 Å². The Morgan fingerprint density at radius 1 is 1.29 bits per heavy atom. The third-order valence-electron chi connectivity index (χ3n) is 2.28. The van der Waals surface area contributed by atoms with E-state index < -0.39 is 15.3 Å². The lowest BCUT2D eigenvalue weighted by molar-refractivity contribution is 0.416. The van der Waals surface area contributed by atoms with Crippen LogP contribution in [0.2, 0.25) is 0 Å². The number of sulfone groups is 1. The zero-order valence-electron chi connectivity index (χ0n) is 9.26. The van der Waals surface area contributed by atoms with Crippen molar-refractivity contribution in [3.8, 4) is 5.75 Å². The molecule has 5 nitrogen and oxygen atoms in total. The second-order valence-electron chi connectivity index (χ2n) is 3.54. The van der Waals surface area contributed by atoms with E-state index >= 15 is 0 Å². The molecule has 17 heavy (non-hydrogen) atoms. The molecular weight excluding hydrogens is 244 g/mol. The number of fused-ring (bicyclic) bond motifs is 1. The summed E-state index contributed by atoms with van der Waals surface area (Å²) in [5.74, 6) is 0.358. The van der Waals surface area contributed by atoms with E-state index in [9.17, 15) is 13.2 Å². The van der Waals surface area contributed by atoms with E-state index in [1.807, 2.05) is 0 Å². The molecule has 0 radical (unpaired) electrons. The Bertz CT molecular complexity index is 727. The van der Waals surface area contributed by atoms with Gasteiger partial charge >= 0.3 is 0 Å². The predicted octanol–water partition coefficient (Wildman–Crippen LogP) is 1.21. The summed E-state index contributed by atoms with van der Waals surface area (Å²) in [5.41, 5.74) is -0.249. The number of hydrogen-bond acceptors (Lipinski definition) is 5. The van der Waals surface area contributed by atoms with Gasteiger partial charge in [0.25, 0.3) is 0 Å². The van der Waals surface area contributed by atoms with Crippen LogP contribution in [0.1, 0.15) is 0 Å². The van der Waals surface area contributed by atoms with Crippen molar-refractivity contribution in [1.82, 2.24) is 0 Å². The van der Waals surface area contributed by atoms with Gasteiger partial charge in [-0.3, -0.25) is 4.79 Å². The standard InChI is InChI=1S/C11H10O5S/c1-15-8-4-3-5-9-11(8)7(12)6-10(16-9)17(2,13)14/h3-6H,1-2H3. The molecule has 0 aliphatic heterocycles. The van der Waals surface area contributed by atoms with Crippen molar-refractivity contribution in [3.63, 3.8) is 0 Å². The van der Waals surface area contributed by atoms with Crippen molar-refractivity contribution >= 4 is 20.8 Å². The third-order valence-corrected chi connectivity index (χ3v) is 3.21. The first kappa shape index (κ1) is 11.7. The molecule has 1 aromatic heterocycles. The molecule has 0 N–H and O–H groups in total. The Morgan fingerprint density at radius 2 is 2.00 bits per heavy atom. The second kappa shape index (κ2) is 3.89. The minimum Gasteiger partial charge on any atom is -0.496 e. The summed E-state index contributed by atoms with van der Waals surface area (Å²) in [6.07, 6.45) is 0.983. The van der Waals surface area contributed by atoms with Crippen molar-refractivity contribution in [1.29, 1.82) is 0 Å². The molecule has 1 heterocycles. The van der Waals surface area contributed by atoms with E-state index in [1.165, 1.54) is 13.2 Å². The summed E-state index contributed by atoms with van der Waals surface area (Å²) < 4.78 is 32.8. The molecule has 0 spiro atoms. The third kappa shape index (κ3) is 2.03. The average molecular weight is 254 g/mol. The Hall–Kier alpha value is -1.82. The highest BCUT2D eigenvalue weighted by Crippen LogP contribution is 2.23. The van der Waals surface area contributed by atoms with Crippen LogP contribution in [-0.2, 0) is 9.84 Å². The fourth-order valence-corrected chi connectivity index (χ4v) is 2.07. The van der Waals surface area contributed by atoms with Crippen molar-refractivity contribution in [2.75, 3.05) is 13.4 Å². The summed E-state index contributed by atoms with van der Waals surface area (Å²) >= 11 is 0. The van der Waals surface area contributed by atoms with Gasteiger partial charge in [0.15, 0.2) is 5.43 Å². The maximum absolute atomic E-state index is 11.8. The molecule has 2 rings (SSSR count). The number of methoxy groups -OCH3 is 1. The summed E-state index contributed by atoms with van der Waals surface area (Å²) in [4.78, 5) is 11.8. The maximum atomic E-state index is 11.8. The van der Waals surface area contributed by atoms with E-state index in [4.69, 9.17) is 9.15 Å². The first-order chi connectivity index (χ1) is 7.93. The summed E-state index contributed by atoms with van der Waals surface area (Å²) in [6, 6.07) is 5.71. The second-order valence-corrected chi connectivity index (χ2v) is 5.48. The van der Waals surface area contributed by atoms with Crippen LogP contribution in [0.5, 0.6) is 5.75 Å². The summed E-state index contributed by atoms with van der Waals surface area (Å²) in [5, 5.41) is -0.106. The van der Waals surface area contributed by atoms with Crippen LogP contribution < -0.4 is 10.2 Å². The molecular formula is C11H10O5S. The SMILES string of the molecule is COc1cccc2oc(S(C)(=O)=O)cc(=O)c12. The van der Waals surface area contributed by atoms with Crippen LogP contribution in [-0.4, -0.2) is 21.8 Å². The predicted molar refractivity (Wildman–Crippen MR) is 62.1 cm³/mol. The van der Waals surface area contributed by atoms with Gasteiger partial charge in [0, 0.05) is 12.3 Å². The molecule has 0 aliphatic rings. The highest BCUT2D eigenvalue weighted by atomic mass is 32.2. The smallest absolute Gasteiger partial charge is 0.222 e. The van der Waals surface area contributed by atoms with Crippen molar-refractivity contribution in [3.05, 3.63) is 34.5 Å². The molecule has 1 aromatic carbocycles. The molecule has 0 fully saturated rings. The maximum Gasteiger partial charge on any atom is 0.222 e. The number of hydrogen-bond donors (Lipinski definition) is 0. The first-order valence-electron chi connectivity index (χ1n) is 4.74. The Labute approximate surface area is 97.5 Å². The fraction of sp³-hybridized carbons (Fsp3) is 0.182. The van der Waals surface area contributed by atoms with Gasteiger partial charge in [-0.1, -0.05) is 6.07 Å². The highest BCUT2D eigenvalue weighted by Gasteiger charge is 2.15. The lowest BCUT2D eigenvalue weighted by Gasteiger charge is -2.04. The van der Waals surface area contributed by atoms with Gasteiger partial charge in [0.05, 0.1) is 7.11 Å². The molecule has 2 aromatic rings. The van der Waals surface area contributed by atoms with E-state index in [2.05, 4.69) is 0 Å². The fourth-order valence-electron chi connectivity index (χ4n) is 1.51. The van der Waals surface area contributed by atoms with Gasteiger partial charge in [-0.2, -0.15) is 0 Å². The minimum atomic E-state index is -3.54. The van der Waals surface area contributed by atoms with Crippen LogP contribution in [0.3, 0.4) is 0 Å². The van der Waals surface area contributed by atoms with Gasteiger partial charge in [-0.05, 0) is 12.1 Å². The molecule has 0 atom stereocenters. The molecule has 0 amide bonds. The summed E-state index contributed by atoms with van der Waals surface area (Å²) in [7, 11) is -2.11. The van der Waals surface area contributed by atoms with E-state index in [0.29, 0.717) is 5.75 Å². The van der Waals surface area contributed by atoms with Crippen LogP contribution >= 0.6 is 0 Å². The van der Waals surface area contributed by atoms with Crippen molar-refractivity contribution < 1.29 is 17.6 Å². The highest BCUT2D eigenvalue weighted by molar-refractivity contribution is 7.90. The molecule has 90 valence electrons. The van der Waals surface area contributed by atoms with Gasteiger partial charge in [0.2, 0.25) is 14.9 Å². The normalized spacial score (nSPS) is 11.6. The average Bonchev–Trinajstić information content (AvgIpc) is 2.26. The van der Waals surface area contributed by atoms with Gasteiger partial charge < -0.3 is 9.15 Å². The van der Waals surface area contributed by atoms with E-state index in [-0.39, 0.29) is 16.1 Å². The Balaban J connectivity index is 2.91. The number of ether oxygens (including phenoxy) is 1. The Morgan fingerprint density at radius 3 is 2.59 bits per heavy atom. The molecule has 6 heteroatoms. The van der Waals surface area contributed by atoms with Crippen LogP contribution in [0.15, 0.2) is 38.6 Å². The number of benzene rings is 1.